The minimum absolute atomic E-state index is 0.798. The van der Waals surface area contributed by atoms with Crippen molar-refractivity contribution in [1.29, 1.82) is 0 Å². The van der Waals surface area contributed by atoms with E-state index < -0.39 is 9.28 Å². The zero-order chi connectivity index (χ0) is 14.3. The predicted octanol–water partition coefficient (Wildman–Crippen LogP) is 3.57. The van der Waals surface area contributed by atoms with Gasteiger partial charge in [0.15, 0.2) is 0 Å². The number of rotatable bonds is 14. The van der Waals surface area contributed by atoms with E-state index in [-0.39, 0.29) is 0 Å². The zero-order valence-electron chi connectivity index (χ0n) is 13.6. The maximum absolute atomic E-state index is 5.72. The third kappa shape index (κ3) is 11.6. The van der Waals surface area contributed by atoms with Gasteiger partial charge in [0.05, 0.1) is 0 Å². The molecule has 0 atom stereocenters. The summed E-state index contributed by atoms with van der Waals surface area (Å²) < 4.78 is 11.4. The Balaban J connectivity index is 3.85. The Morgan fingerprint density at radius 2 is 1.21 bits per heavy atom. The van der Waals surface area contributed by atoms with Crippen LogP contribution in [0.3, 0.4) is 0 Å². The molecular weight excluding hydrogens is 254 g/mol. The molecule has 19 heavy (non-hydrogen) atoms. The molecule has 0 aliphatic heterocycles. The normalized spacial score (nSPS) is 11.7. The van der Waals surface area contributed by atoms with Gasteiger partial charge in [0.25, 0.3) is 0 Å². The van der Waals surface area contributed by atoms with E-state index >= 15 is 0 Å². The second-order valence-corrected chi connectivity index (χ2v) is 7.13. The summed E-state index contributed by atoms with van der Waals surface area (Å²) in [7, 11) is -1.37. The first kappa shape index (κ1) is 19.1. The van der Waals surface area contributed by atoms with E-state index in [1.54, 1.807) is 0 Å². The summed E-state index contributed by atoms with van der Waals surface area (Å²) in [5, 5.41) is 0. The quantitative estimate of drug-likeness (QED) is 0.456. The van der Waals surface area contributed by atoms with Crippen molar-refractivity contribution in [3.8, 4) is 0 Å². The highest BCUT2D eigenvalue weighted by molar-refractivity contribution is 6.44. The van der Waals surface area contributed by atoms with E-state index in [9.17, 15) is 0 Å². The molecule has 0 unspecified atom stereocenters. The van der Waals surface area contributed by atoms with Crippen LogP contribution in [0.4, 0.5) is 0 Å². The summed E-state index contributed by atoms with van der Waals surface area (Å²) in [4.78, 5) is 2.62. The highest BCUT2D eigenvalue weighted by Crippen LogP contribution is 2.06. The van der Waals surface area contributed by atoms with E-state index in [1.807, 2.05) is 0 Å². The first-order valence-corrected chi connectivity index (χ1v) is 9.99. The summed E-state index contributed by atoms with van der Waals surface area (Å²) in [6.07, 6.45) is 6.45. The smallest absolute Gasteiger partial charge is 0.321 e. The molecule has 0 saturated heterocycles. The van der Waals surface area contributed by atoms with Crippen LogP contribution in [0.5, 0.6) is 0 Å². The van der Waals surface area contributed by atoms with E-state index in [0.717, 1.165) is 19.3 Å². The van der Waals surface area contributed by atoms with Crippen molar-refractivity contribution in [2.45, 2.75) is 65.8 Å². The number of hydrogen-bond acceptors (Lipinski definition) is 3. The van der Waals surface area contributed by atoms with Crippen molar-refractivity contribution < 1.29 is 8.85 Å². The van der Waals surface area contributed by atoms with Crippen molar-refractivity contribution in [1.82, 2.24) is 4.90 Å². The minimum Gasteiger partial charge on any atom is -0.397 e. The highest BCUT2D eigenvalue weighted by Gasteiger charge is 2.12. The predicted molar refractivity (Wildman–Crippen MR) is 86.1 cm³/mol. The van der Waals surface area contributed by atoms with Gasteiger partial charge in [-0.15, -0.1) is 0 Å². The van der Waals surface area contributed by atoms with Crippen LogP contribution >= 0.6 is 0 Å². The molecule has 0 aliphatic carbocycles. The van der Waals surface area contributed by atoms with E-state index in [1.165, 1.54) is 51.7 Å². The Bertz CT molecular complexity index is 168. The third-order valence-electron chi connectivity index (χ3n) is 3.28. The number of nitrogens with zero attached hydrogens (tertiary/aromatic N) is 1. The average Bonchev–Trinajstić information content (AvgIpc) is 2.41. The molecule has 3 nitrogen and oxygen atoms in total. The second kappa shape index (κ2) is 14.5. The van der Waals surface area contributed by atoms with E-state index in [2.05, 4.69) is 32.6 Å². The van der Waals surface area contributed by atoms with Crippen molar-refractivity contribution in [3.05, 3.63) is 0 Å². The van der Waals surface area contributed by atoms with Crippen LogP contribution in [0.15, 0.2) is 0 Å². The summed E-state index contributed by atoms with van der Waals surface area (Å²) >= 11 is 0. The molecule has 0 N–H and O–H groups in total. The second-order valence-electron chi connectivity index (χ2n) is 5.03. The summed E-state index contributed by atoms with van der Waals surface area (Å²) in [5.41, 5.74) is 0. The largest absolute Gasteiger partial charge is 0.397 e. The lowest BCUT2D eigenvalue weighted by Gasteiger charge is -2.23. The lowest BCUT2D eigenvalue weighted by molar-refractivity contribution is 0.208. The van der Waals surface area contributed by atoms with Gasteiger partial charge in [0, 0.05) is 13.2 Å². The molecule has 0 heterocycles. The SMILES string of the molecule is CCCCN(CCCC)CCC[SiH](OCC)OCC. The van der Waals surface area contributed by atoms with Crippen LogP contribution in [-0.2, 0) is 8.85 Å². The van der Waals surface area contributed by atoms with Crippen LogP contribution in [0.25, 0.3) is 0 Å². The van der Waals surface area contributed by atoms with Crippen LogP contribution in [0, 0.1) is 0 Å². The fourth-order valence-electron chi connectivity index (χ4n) is 2.17. The van der Waals surface area contributed by atoms with Gasteiger partial charge < -0.3 is 13.8 Å². The first-order chi connectivity index (χ1) is 9.28. The molecule has 0 aromatic carbocycles. The number of hydrogen-bond donors (Lipinski definition) is 0. The maximum Gasteiger partial charge on any atom is 0.321 e. The van der Waals surface area contributed by atoms with Gasteiger partial charge in [0.2, 0.25) is 0 Å². The molecule has 0 radical (unpaired) electrons. The van der Waals surface area contributed by atoms with Crippen LogP contribution in [-0.4, -0.2) is 47.0 Å². The molecule has 0 amide bonds. The lowest BCUT2D eigenvalue weighted by atomic mass is 10.2. The van der Waals surface area contributed by atoms with Gasteiger partial charge in [-0.05, 0) is 58.8 Å². The Labute approximate surface area is 122 Å². The molecule has 0 fully saturated rings. The molecule has 0 saturated carbocycles. The van der Waals surface area contributed by atoms with Crippen molar-refractivity contribution in [3.63, 3.8) is 0 Å². The van der Waals surface area contributed by atoms with Gasteiger partial charge in [0.1, 0.15) is 0 Å². The lowest BCUT2D eigenvalue weighted by Crippen LogP contribution is -2.29. The molecule has 0 spiro atoms. The van der Waals surface area contributed by atoms with E-state index in [0.29, 0.717) is 0 Å². The van der Waals surface area contributed by atoms with Crippen LogP contribution in [0.1, 0.15) is 59.8 Å². The zero-order valence-corrected chi connectivity index (χ0v) is 14.8. The summed E-state index contributed by atoms with van der Waals surface area (Å²) in [6, 6.07) is 1.15. The Morgan fingerprint density at radius 1 is 0.737 bits per heavy atom. The molecule has 0 aromatic heterocycles. The fourth-order valence-corrected chi connectivity index (χ4v) is 3.86. The maximum atomic E-state index is 5.72. The standard InChI is InChI=1S/C15H35NO2Si/c1-5-9-12-16(13-10-6-2)14-11-15-19(17-7-3)18-8-4/h19H,5-15H2,1-4H3. The molecule has 4 heteroatoms. The third-order valence-corrected chi connectivity index (χ3v) is 5.56. The molecular formula is C15H35NO2Si. The van der Waals surface area contributed by atoms with Gasteiger partial charge >= 0.3 is 9.28 Å². The van der Waals surface area contributed by atoms with Crippen molar-refractivity contribution >= 4 is 9.28 Å². The molecule has 0 bridgehead atoms. The fraction of sp³-hybridized carbons (Fsp3) is 1.00. The Kier molecular flexibility index (Phi) is 14.6. The molecule has 0 aromatic rings. The Morgan fingerprint density at radius 3 is 1.63 bits per heavy atom. The topological polar surface area (TPSA) is 21.7 Å². The van der Waals surface area contributed by atoms with Gasteiger partial charge in [-0.25, -0.2) is 0 Å². The van der Waals surface area contributed by atoms with Crippen LogP contribution < -0.4 is 0 Å². The molecule has 0 aliphatic rings. The van der Waals surface area contributed by atoms with Gasteiger partial charge in [-0.3, -0.25) is 0 Å². The van der Waals surface area contributed by atoms with Gasteiger partial charge in [-0.2, -0.15) is 0 Å². The Hall–Kier alpha value is 0.0969. The monoisotopic (exact) mass is 289 g/mol. The first-order valence-electron chi connectivity index (χ1n) is 8.23. The molecule has 0 rings (SSSR count). The summed E-state index contributed by atoms with van der Waals surface area (Å²) in [5.74, 6) is 0. The number of unbranched alkanes of at least 4 members (excludes halogenated alkanes) is 2. The highest BCUT2D eigenvalue weighted by atomic mass is 28.3. The van der Waals surface area contributed by atoms with Crippen molar-refractivity contribution in [2.75, 3.05) is 32.8 Å². The minimum atomic E-state index is -1.37. The average molecular weight is 290 g/mol. The van der Waals surface area contributed by atoms with Gasteiger partial charge in [-0.1, -0.05) is 26.7 Å². The van der Waals surface area contributed by atoms with Crippen LogP contribution in [0.2, 0.25) is 6.04 Å². The van der Waals surface area contributed by atoms with E-state index in [4.69, 9.17) is 8.85 Å². The van der Waals surface area contributed by atoms with Crippen molar-refractivity contribution in [2.24, 2.45) is 0 Å². The summed E-state index contributed by atoms with van der Waals surface area (Å²) in [6.45, 7) is 14.0. The molecule has 116 valence electrons.